The number of carbonyl (C=O) groups is 1. The molecule has 1 rings (SSSR count). The van der Waals surface area contributed by atoms with Crippen molar-refractivity contribution >= 4 is 5.78 Å². The van der Waals surface area contributed by atoms with Gasteiger partial charge in [0.05, 0.1) is 0 Å². The average Bonchev–Trinajstić information content (AvgIpc) is 2.84. The first kappa shape index (κ1) is 10.7. The van der Waals surface area contributed by atoms with Gasteiger partial charge in [-0.2, -0.15) is 0 Å². The van der Waals surface area contributed by atoms with Crippen LogP contribution in [0.15, 0.2) is 0 Å². The Morgan fingerprint density at radius 3 is 2.77 bits per heavy atom. The lowest BCUT2D eigenvalue weighted by Crippen LogP contribution is -2.10. The summed E-state index contributed by atoms with van der Waals surface area (Å²) in [6.45, 7) is 2.77. The van der Waals surface area contributed by atoms with Gasteiger partial charge in [0.1, 0.15) is 5.78 Å². The van der Waals surface area contributed by atoms with Crippen molar-refractivity contribution in [1.29, 1.82) is 0 Å². The van der Waals surface area contributed by atoms with Gasteiger partial charge in [0, 0.05) is 26.6 Å². The largest absolute Gasteiger partial charge is 0.384 e. The van der Waals surface area contributed by atoms with E-state index >= 15 is 0 Å². The van der Waals surface area contributed by atoms with Crippen LogP contribution in [0.25, 0.3) is 0 Å². The molecule has 0 aliphatic heterocycles. The number of carbonyl (C=O) groups excluding carboxylic acids is 1. The molecule has 0 aromatic carbocycles. The van der Waals surface area contributed by atoms with Crippen LogP contribution in [0, 0.1) is 11.8 Å². The fourth-order valence-electron chi connectivity index (χ4n) is 1.61. The Labute approximate surface area is 80.7 Å². The molecular formula is C11H20O2. The van der Waals surface area contributed by atoms with Crippen LogP contribution in [0.1, 0.15) is 39.0 Å². The van der Waals surface area contributed by atoms with Gasteiger partial charge < -0.3 is 4.74 Å². The smallest absolute Gasteiger partial charge is 0.133 e. The fraction of sp³-hybridized carbons (Fsp3) is 0.909. The van der Waals surface area contributed by atoms with Crippen LogP contribution in [0.5, 0.6) is 0 Å². The van der Waals surface area contributed by atoms with E-state index in [1.54, 1.807) is 7.11 Å². The molecule has 1 saturated carbocycles. The minimum Gasteiger partial charge on any atom is -0.384 e. The third kappa shape index (κ3) is 5.04. The lowest BCUT2D eigenvalue weighted by Gasteiger charge is -2.08. The summed E-state index contributed by atoms with van der Waals surface area (Å²) in [6, 6.07) is 0. The number of Topliss-reactive ketones (excluding diaryl/α,β-unsaturated/α-hetero) is 1. The first-order chi connectivity index (χ1) is 6.22. The number of hydrogen-bond donors (Lipinski definition) is 0. The molecule has 1 aliphatic carbocycles. The zero-order valence-corrected chi connectivity index (χ0v) is 8.71. The molecule has 2 heteroatoms. The zero-order valence-electron chi connectivity index (χ0n) is 8.71. The van der Waals surface area contributed by atoms with Crippen molar-refractivity contribution in [3.63, 3.8) is 0 Å². The molecule has 1 unspecified atom stereocenters. The summed E-state index contributed by atoms with van der Waals surface area (Å²) < 4.78 is 4.99. The van der Waals surface area contributed by atoms with Crippen molar-refractivity contribution in [1.82, 2.24) is 0 Å². The van der Waals surface area contributed by atoms with Gasteiger partial charge in [0.15, 0.2) is 0 Å². The lowest BCUT2D eigenvalue weighted by molar-refractivity contribution is -0.120. The average molecular weight is 184 g/mol. The maximum absolute atomic E-state index is 11.4. The number of ketones is 1. The molecular weight excluding hydrogens is 164 g/mol. The molecule has 0 amide bonds. The Bertz CT molecular complexity index is 161. The summed E-state index contributed by atoms with van der Waals surface area (Å²) in [5.41, 5.74) is 0. The molecule has 1 fully saturated rings. The molecule has 13 heavy (non-hydrogen) atoms. The highest BCUT2D eigenvalue weighted by atomic mass is 16.5. The maximum atomic E-state index is 11.4. The number of ether oxygens (including phenoxy) is 1. The summed E-state index contributed by atoms with van der Waals surface area (Å²) in [4.78, 5) is 11.4. The molecule has 2 nitrogen and oxygen atoms in total. The van der Waals surface area contributed by atoms with Gasteiger partial charge in [-0.25, -0.2) is 0 Å². The topological polar surface area (TPSA) is 26.3 Å². The van der Waals surface area contributed by atoms with E-state index in [4.69, 9.17) is 4.74 Å². The summed E-state index contributed by atoms with van der Waals surface area (Å²) in [7, 11) is 1.69. The van der Waals surface area contributed by atoms with Gasteiger partial charge in [0.25, 0.3) is 0 Å². The normalized spacial score (nSPS) is 18.6. The third-order valence-electron chi connectivity index (χ3n) is 2.56. The highest BCUT2D eigenvalue weighted by molar-refractivity contribution is 5.78. The van der Waals surface area contributed by atoms with E-state index in [9.17, 15) is 4.79 Å². The Balaban J connectivity index is 2.01. The van der Waals surface area contributed by atoms with Crippen LogP contribution in [0.4, 0.5) is 0 Å². The second-order valence-electron chi connectivity index (χ2n) is 4.29. The second kappa shape index (κ2) is 5.38. The molecule has 0 heterocycles. The molecule has 0 saturated heterocycles. The molecule has 76 valence electrons. The monoisotopic (exact) mass is 184 g/mol. The quantitative estimate of drug-likeness (QED) is 0.607. The van der Waals surface area contributed by atoms with Crippen molar-refractivity contribution in [2.24, 2.45) is 11.8 Å². The Kier molecular flexibility index (Phi) is 4.43. The van der Waals surface area contributed by atoms with Crippen LogP contribution in [0.3, 0.4) is 0 Å². The third-order valence-corrected chi connectivity index (χ3v) is 2.56. The fourth-order valence-corrected chi connectivity index (χ4v) is 1.61. The molecule has 0 aromatic heterocycles. The maximum Gasteiger partial charge on any atom is 0.133 e. The van der Waals surface area contributed by atoms with E-state index < -0.39 is 0 Å². The molecule has 1 atom stereocenters. The first-order valence-corrected chi connectivity index (χ1v) is 5.23. The first-order valence-electron chi connectivity index (χ1n) is 5.23. The summed E-state index contributed by atoms with van der Waals surface area (Å²) in [5.74, 6) is 1.68. The van der Waals surface area contributed by atoms with Gasteiger partial charge in [-0.15, -0.1) is 0 Å². The summed E-state index contributed by atoms with van der Waals surface area (Å²) >= 11 is 0. The van der Waals surface area contributed by atoms with Gasteiger partial charge in [0.2, 0.25) is 0 Å². The SMILES string of the molecule is COCC(C)CC(=O)CCC1CC1. The van der Waals surface area contributed by atoms with Gasteiger partial charge in [-0.3, -0.25) is 4.79 Å². The standard InChI is InChI=1S/C11H20O2/c1-9(8-13-2)7-11(12)6-5-10-3-4-10/h9-10H,3-8H2,1-2H3. The van der Waals surface area contributed by atoms with Crippen molar-refractivity contribution in [3.05, 3.63) is 0 Å². The molecule has 0 bridgehead atoms. The molecule has 0 spiro atoms. The molecule has 0 N–H and O–H groups in total. The van der Waals surface area contributed by atoms with Crippen LogP contribution < -0.4 is 0 Å². The van der Waals surface area contributed by atoms with E-state index in [2.05, 4.69) is 6.92 Å². The van der Waals surface area contributed by atoms with Crippen LogP contribution in [-0.4, -0.2) is 19.5 Å². The van der Waals surface area contributed by atoms with Crippen molar-refractivity contribution in [3.8, 4) is 0 Å². The highest BCUT2D eigenvalue weighted by Crippen LogP contribution is 2.33. The van der Waals surface area contributed by atoms with Gasteiger partial charge >= 0.3 is 0 Å². The highest BCUT2D eigenvalue weighted by Gasteiger charge is 2.22. The van der Waals surface area contributed by atoms with Gasteiger partial charge in [-0.1, -0.05) is 19.8 Å². The van der Waals surface area contributed by atoms with E-state index in [1.807, 2.05) is 0 Å². The minimum atomic E-state index is 0.386. The van der Waals surface area contributed by atoms with Crippen molar-refractivity contribution in [2.75, 3.05) is 13.7 Å². The molecule has 1 aliphatic rings. The van der Waals surface area contributed by atoms with Crippen LogP contribution in [0.2, 0.25) is 0 Å². The minimum absolute atomic E-state index is 0.386. The van der Waals surface area contributed by atoms with Crippen LogP contribution in [-0.2, 0) is 9.53 Å². The lowest BCUT2D eigenvalue weighted by atomic mass is 10.0. The van der Waals surface area contributed by atoms with E-state index in [0.717, 1.165) is 18.8 Å². The predicted molar refractivity (Wildman–Crippen MR) is 52.6 cm³/mol. The molecule has 0 radical (unpaired) electrons. The van der Waals surface area contributed by atoms with E-state index in [-0.39, 0.29) is 0 Å². The Morgan fingerprint density at radius 1 is 1.54 bits per heavy atom. The van der Waals surface area contributed by atoms with E-state index in [1.165, 1.54) is 12.8 Å². The Hall–Kier alpha value is -0.370. The Morgan fingerprint density at radius 2 is 2.23 bits per heavy atom. The van der Waals surface area contributed by atoms with E-state index in [0.29, 0.717) is 24.7 Å². The second-order valence-corrected chi connectivity index (χ2v) is 4.29. The predicted octanol–water partition coefficient (Wildman–Crippen LogP) is 2.42. The summed E-state index contributed by atoms with van der Waals surface area (Å²) in [6.07, 6.45) is 5.31. The number of methoxy groups -OCH3 is 1. The zero-order chi connectivity index (χ0) is 9.68. The number of hydrogen-bond acceptors (Lipinski definition) is 2. The van der Waals surface area contributed by atoms with Crippen molar-refractivity contribution < 1.29 is 9.53 Å². The van der Waals surface area contributed by atoms with Crippen LogP contribution >= 0.6 is 0 Å². The number of rotatable bonds is 7. The summed E-state index contributed by atoms with van der Waals surface area (Å²) in [5, 5.41) is 0. The van der Waals surface area contributed by atoms with Crippen molar-refractivity contribution in [2.45, 2.75) is 39.0 Å². The molecule has 0 aromatic rings. The van der Waals surface area contributed by atoms with Gasteiger partial charge in [-0.05, 0) is 18.3 Å².